The number of amides is 4. The molecule has 0 atom stereocenters. The zero-order valence-electron chi connectivity index (χ0n) is 13.6. The van der Waals surface area contributed by atoms with Crippen LogP contribution in [-0.2, 0) is 14.4 Å². The number of likely N-dealkylation sites (N-methyl/N-ethyl adjacent to an activating group) is 1. The first-order valence-corrected chi connectivity index (χ1v) is 7.30. The van der Waals surface area contributed by atoms with Crippen LogP contribution in [0.5, 0.6) is 11.5 Å². The smallest absolute Gasteiger partial charge is 0.341 e. The second-order valence-electron chi connectivity index (χ2n) is 5.00. The molecule has 0 aromatic heterocycles. The lowest BCUT2D eigenvalue weighted by atomic mass is 10.1. The van der Waals surface area contributed by atoms with Gasteiger partial charge in [-0.2, -0.15) is 0 Å². The van der Waals surface area contributed by atoms with E-state index in [1.165, 1.54) is 31.3 Å². The third-order valence-corrected chi connectivity index (χ3v) is 3.23. The lowest BCUT2D eigenvalue weighted by Gasteiger charge is -2.22. The first kappa shape index (κ1) is 18.0. The molecule has 1 fully saturated rings. The predicted molar refractivity (Wildman–Crippen MR) is 85.0 cm³/mol. The third-order valence-electron chi connectivity index (χ3n) is 3.23. The van der Waals surface area contributed by atoms with Gasteiger partial charge in [0.15, 0.2) is 18.1 Å². The first-order chi connectivity index (χ1) is 11.8. The topological polar surface area (TPSA) is 122 Å². The molecule has 0 radical (unpaired) electrons. The highest BCUT2D eigenvalue weighted by molar-refractivity contribution is 6.30. The number of carboxylic acids is 1. The number of hydrogen-bond donors (Lipinski definition) is 2. The Labute approximate surface area is 142 Å². The number of carbonyl (C=O) groups is 4. The molecule has 132 valence electrons. The van der Waals surface area contributed by atoms with Crippen LogP contribution in [0.1, 0.15) is 12.5 Å². The lowest BCUT2D eigenvalue weighted by molar-refractivity contribution is -0.139. The summed E-state index contributed by atoms with van der Waals surface area (Å²) < 4.78 is 10.5. The molecule has 0 aliphatic carbocycles. The summed E-state index contributed by atoms with van der Waals surface area (Å²) in [5, 5.41) is 10.7. The van der Waals surface area contributed by atoms with Gasteiger partial charge < -0.3 is 14.6 Å². The molecule has 1 aromatic carbocycles. The highest BCUT2D eigenvalue weighted by atomic mass is 16.5. The molecular weight excluding hydrogens is 332 g/mol. The number of aliphatic carboxylic acids is 1. The molecule has 9 nitrogen and oxygen atoms in total. The van der Waals surface area contributed by atoms with E-state index in [0.717, 1.165) is 4.90 Å². The summed E-state index contributed by atoms with van der Waals surface area (Å²) in [7, 11) is 1.26. The fourth-order valence-electron chi connectivity index (χ4n) is 2.05. The van der Waals surface area contributed by atoms with Crippen molar-refractivity contribution in [1.82, 2.24) is 10.2 Å². The third kappa shape index (κ3) is 4.14. The Morgan fingerprint density at radius 2 is 1.96 bits per heavy atom. The minimum Gasteiger partial charge on any atom is -0.490 e. The summed E-state index contributed by atoms with van der Waals surface area (Å²) in [6, 6.07) is 3.72. The van der Waals surface area contributed by atoms with E-state index >= 15 is 0 Å². The summed E-state index contributed by atoms with van der Waals surface area (Å²) in [5.41, 5.74) is 0.246. The zero-order chi connectivity index (χ0) is 18.6. The van der Waals surface area contributed by atoms with Crippen LogP contribution < -0.4 is 14.8 Å². The van der Waals surface area contributed by atoms with Crippen molar-refractivity contribution in [3.63, 3.8) is 0 Å². The van der Waals surface area contributed by atoms with Gasteiger partial charge >= 0.3 is 12.0 Å². The number of rotatable bonds is 6. The molecule has 0 spiro atoms. The predicted octanol–water partition coefficient (Wildman–Crippen LogP) is 0.640. The number of barbiturate groups is 1. The molecule has 9 heteroatoms. The molecule has 4 amide bonds. The van der Waals surface area contributed by atoms with E-state index in [-0.39, 0.29) is 17.1 Å². The van der Waals surface area contributed by atoms with Crippen LogP contribution in [0.15, 0.2) is 23.8 Å². The van der Waals surface area contributed by atoms with E-state index in [0.29, 0.717) is 12.2 Å². The quantitative estimate of drug-likeness (QED) is 0.571. The number of carboxylic acid groups (broad SMARTS) is 1. The van der Waals surface area contributed by atoms with Crippen LogP contribution in [0, 0.1) is 0 Å². The van der Waals surface area contributed by atoms with Gasteiger partial charge in [0.05, 0.1) is 6.61 Å². The van der Waals surface area contributed by atoms with Crippen molar-refractivity contribution in [2.45, 2.75) is 6.92 Å². The Balaban J connectivity index is 2.34. The van der Waals surface area contributed by atoms with Crippen molar-refractivity contribution < 1.29 is 33.8 Å². The standard InChI is InChI=1S/C16H16N2O7/c1-3-24-12-7-9(4-5-11(12)25-8-13(19)20)6-10-14(21)17-16(23)18(2)15(10)22/h4-7H,3,8H2,1-2H3,(H,19,20)(H,17,21,23). The van der Waals surface area contributed by atoms with Crippen LogP contribution >= 0.6 is 0 Å². The Hall–Kier alpha value is -3.36. The first-order valence-electron chi connectivity index (χ1n) is 7.30. The van der Waals surface area contributed by atoms with E-state index in [1.807, 2.05) is 0 Å². The summed E-state index contributed by atoms with van der Waals surface area (Å²) in [4.78, 5) is 46.7. The Morgan fingerprint density at radius 1 is 1.24 bits per heavy atom. The van der Waals surface area contributed by atoms with Gasteiger partial charge in [0.1, 0.15) is 5.57 Å². The lowest BCUT2D eigenvalue weighted by Crippen LogP contribution is -2.52. The molecular formula is C16H16N2O7. The maximum atomic E-state index is 12.1. The number of imide groups is 2. The molecule has 1 aliphatic rings. The monoisotopic (exact) mass is 348 g/mol. The van der Waals surface area contributed by atoms with Crippen molar-refractivity contribution in [2.75, 3.05) is 20.3 Å². The number of carbonyl (C=O) groups excluding carboxylic acids is 3. The summed E-state index contributed by atoms with van der Waals surface area (Å²) in [6.45, 7) is 1.51. The van der Waals surface area contributed by atoms with Gasteiger partial charge in [-0.15, -0.1) is 0 Å². The van der Waals surface area contributed by atoms with Crippen molar-refractivity contribution >= 4 is 29.9 Å². The van der Waals surface area contributed by atoms with Gasteiger partial charge in [0, 0.05) is 7.05 Å². The van der Waals surface area contributed by atoms with Crippen molar-refractivity contribution in [1.29, 1.82) is 0 Å². The molecule has 2 rings (SSSR count). The summed E-state index contributed by atoms with van der Waals surface area (Å²) in [5.74, 6) is -2.16. The van der Waals surface area contributed by atoms with Gasteiger partial charge in [0.25, 0.3) is 11.8 Å². The van der Waals surface area contributed by atoms with Crippen molar-refractivity contribution in [3.05, 3.63) is 29.3 Å². The van der Waals surface area contributed by atoms with E-state index in [1.54, 1.807) is 6.92 Å². The maximum absolute atomic E-state index is 12.1. The molecule has 0 bridgehead atoms. The van der Waals surface area contributed by atoms with Gasteiger partial charge in [-0.25, -0.2) is 9.59 Å². The van der Waals surface area contributed by atoms with Crippen LogP contribution in [0.25, 0.3) is 6.08 Å². The molecule has 0 unspecified atom stereocenters. The molecule has 1 aliphatic heterocycles. The zero-order valence-corrected chi connectivity index (χ0v) is 13.6. The fraction of sp³-hybridized carbons (Fsp3) is 0.250. The van der Waals surface area contributed by atoms with E-state index in [9.17, 15) is 19.2 Å². The molecule has 25 heavy (non-hydrogen) atoms. The van der Waals surface area contributed by atoms with Gasteiger partial charge in [-0.05, 0) is 30.7 Å². The number of nitrogens with zero attached hydrogens (tertiary/aromatic N) is 1. The number of ether oxygens (including phenoxy) is 2. The Morgan fingerprint density at radius 3 is 2.60 bits per heavy atom. The van der Waals surface area contributed by atoms with Crippen molar-refractivity contribution in [2.24, 2.45) is 0 Å². The highest BCUT2D eigenvalue weighted by Gasteiger charge is 2.33. The van der Waals surface area contributed by atoms with E-state index < -0.39 is 30.4 Å². The highest BCUT2D eigenvalue weighted by Crippen LogP contribution is 2.29. The molecule has 0 saturated carbocycles. The molecule has 1 aromatic rings. The Bertz CT molecular complexity index is 770. The average Bonchev–Trinajstić information content (AvgIpc) is 2.56. The van der Waals surface area contributed by atoms with Crippen molar-refractivity contribution in [3.8, 4) is 11.5 Å². The second kappa shape index (κ2) is 7.47. The van der Waals surface area contributed by atoms with Crippen LogP contribution in [0.2, 0.25) is 0 Å². The van der Waals surface area contributed by atoms with Crippen LogP contribution in [-0.4, -0.2) is 54.1 Å². The van der Waals surface area contributed by atoms with E-state index in [4.69, 9.17) is 14.6 Å². The van der Waals surface area contributed by atoms with Gasteiger partial charge in [-0.3, -0.25) is 19.8 Å². The van der Waals surface area contributed by atoms with Crippen LogP contribution in [0.4, 0.5) is 4.79 Å². The fourth-order valence-corrected chi connectivity index (χ4v) is 2.05. The SMILES string of the molecule is CCOc1cc(C=C2C(=O)NC(=O)N(C)C2=O)ccc1OCC(=O)O. The minimum absolute atomic E-state index is 0.205. The summed E-state index contributed by atoms with van der Waals surface area (Å²) >= 11 is 0. The largest absolute Gasteiger partial charge is 0.490 e. The van der Waals surface area contributed by atoms with Gasteiger partial charge in [0.2, 0.25) is 0 Å². The summed E-state index contributed by atoms with van der Waals surface area (Å²) in [6.07, 6.45) is 1.31. The second-order valence-corrected chi connectivity index (χ2v) is 5.00. The normalized spacial score (nSPS) is 16.0. The average molecular weight is 348 g/mol. The van der Waals surface area contributed by atoms with Gasteiger partial charge in [-0.1, -0.05) is 6.07 Å². The number of hydrogen-bond acceptors (Lipinski definition) is 6. The maximum Gasteiger partial charge on any atom is 0.341 e. The Kier molecular flexibility index (Phi) is 5.38. The molecule has 1 heterocycles. The van der Waals surface area contributed by atoms with Crippen LogP contribution in [0.3, 0.4) is 0 Å². The minimum atomic E-state index is -1.13. The number of nitrogens with one attached hydrogen (secondary N) is 1. The molecule has 1 saturated heterocycles. The number of benzene rings is 1. The molecule has 2 N–H and O–H groups in total. The van der Waals surface area contributed by atoms with E-state index in [2.05, 4.69) is 5.32 Å². The number of urea groups is 1.